The Bertz CT molecular complexity index is 1960. The summed E-state index contributed by atoms with van der Waals surface area (Å²) in [5.74, 6) is 6.81. The van der Waals surface area contributed by atoms with Crippen molar-refractivity contribution in [3.05, 3.63) is 161 Å². The molecule has 0 N–H and O–H groups in total. The molecule has 9 nitrogen and oxygen atoms in total. The molecule has 0 aliphatic heterocycles. The number of hydrogen-bond acceptors (Lipinski definition) is 9. The molecule has 0 saturated heterocycles. The van der Waals surface area contributed by atoms with Crippen LogP contribution in [0.15, 0.2) is 127 Å². The molecule has 9 heteroatoms. The highest BCUT2D eigenvalue weighted by Gasteiger charge is 2.31. The van der Waals surface area contributed by atoms with Gasteiger partial charge < -0.3 is 42.6 Å². The minimum absolute atomic E-state index is 0.367. The minimum Gasteiger partial charge on any atom is -0.494 e. The van der Waals surface area contributed by atoms with Crippen LogP contribution in [0.1, 0.15) is 81.8 Å². The molecule has 0 aliphatic rings. The molecule has 0 unspecified atom stereocenters. The quantitative estimate of drug-likeness (QED) is 0.0553. The van der Waals surface area contributed by atoms with E-state index in [0.717, 1.165) is 85.1 Å². The summed E-state index contributed by atoms with van der Waals surface area (Å²) in [4.78, 5) is 0. The van der Waals surface area contributed by atoms with E-state index in [-0.39, 0.29) is 0 Å². The normalized spacial score (nSPS) is 11.1. The van der Waals surface area contributed by atoms with Gasteiger partial charge in [-0.15, -0.1) is 0 Å². The van der Waals surface area contributed by atoms with E-state index in [1.807, 2.05) is 133 Å². The maximum absolute atomic E-state index is 6.30. The van der Waals surface area contributed by atoms with Crippen molar-refractivity contribution in [2.75, 3.05) is 39.6 Å². The molecule has 0 radical (unpaired) electrons. The molecule has 6 aromatic rings. The van der Waals surface area contributed by atoms with Crippen LogP contribution in [0.25, 0.3) is 0 Å². The Morgan fingerprint density at radius 2 is 0.484 bits per heavy atom. The van der Waals surface area contributed by atoms with Crippen molar-refractivity contribution in [2.24, 2.45) is 0 Å². The van der Waals surface area contributed by atoms with Gasteiger partial charge in [0, 0.05) is 23.6 Å². The predicted octanol–water partition coefficient (Wildman–Crippen LogP) is 12.2. The van der Waals surface area contributed by atoms with Crippen LogP contribution in [0.3, 0.4) is 0 Å². The zero-order chi connectivity index (χ0) is 43.7. The van der Waals surface area contributed by atoms with Gasteiger partial charge in [-0.05, 0) is 155 Å². The molecule has 0 amide bonds. The Morgan fingerprint density at radius 1 is 0.274 bits per heavy atom. The number of rotatable bonds is 24. The van der Waals surface area contributed by atoms with Crippen LogP contribution >= 0.6 is 0 Å². The van der Waals surface area contributed by atoms with Crippen LogP contribution in [-0.2, 0) is 25.2 Å². The van der Waals surface area contributed by atoms with E-state index in [0.29, 0.717) is 59.5 Å². The van der Waals surface area contributed by atoms with Crippen molar-refractivity contribution in [2.45, 2.75) is 73.7 Å². The van der Waals surface area contributed by atoms with Crippen LogP contribution in [0.2, 0.25) is 0 Å². The summed E-state index contributed by atoms with van der Waals surface area (Å²) in [5, 5.41) is 0. The van der Waals surface area contributed by atoms with Gasteiger partial charge in [0.1, 0.15) is 71.6 Å². The van der Waals surface area contributed by atoms with Gasteiger partial charge in [-0.1, -0.05) is 36.4 Å². The maximum atomic E-state index is 6.30. The second-order valence-electron chi connectivity index (χ2n) is 14.6. The molecule has 0 saturated carbocycles. The third-order valence-electron chi connectivity index (χ3n) is 10.2. The lowest BCUT2D eigenvalue weighted by Gasteiger charge is -2.32. The van der Waals surface area contributed by atoms with Crippen molar-refractivity contribution < 1.29 is 42.6 Å². The molecule has 0 bridgehead atoms. The molecule has 6 rings (SSSR count). The standard InChI is InChI=1S/C53H60O9/c1-8-54-47-26-38(27-48(32-47)55-9-2)35-60-44-20-14-41(15-21-44)53(7,42-16-22-45(23-17-42)61-36-39-28-49(56-10-3)33-50(29-39)57-11-4)43-18-24-46(25-19-43)62-37-40-30-51(58-12-5)34-52(31-40)59-13-6/h14-34H,8-13,35-37H2,1-7H3. The summed E-state index contributed by atoms with van der Waals surface area (Å²) in [6, 6.07) is 42.6. The van der Waals surface area contributed by atoms with Crippen molar-refractivity contribution in [1.82, 2.24) is 0 Å². The van der Waals surface area contributed by atoms with Crippen molar-refractivity contribution in [3.8, 4) is 51.7 Å². The monoisotopic (exact) mass is 840 g/mol. The Balaban J connectivity index is 1.24. The van der Waals surface area contributed by atoms with Crippen LogP contribution in [0.4, 0.5) is 0 Å². The van der Waals surface area contributed by atoms with Gasteiger partial charge in [0.25, 0.3) is 0 Å². The van der Waals surface area contributed by atoms with Crippen LogP contribution in [0.5, 0.6) is 51.7 Å². The molecule has 62 heavy (non-hydrogen) atoms. The Kier molecular flexibility index (Phi) is 16.3. The molecule has 0 heterocycles. The summed E-state index contributed by atoms with van der Waals surface area (Å²) < 4.78 is 53.6. The van der Waals surface area contributed by atoms with Crippen LogP contribution in [-0.4, -0.2) is 39.6 Å². The number of benzene rings is 6. The Labute approximate surface area is 367 Å². The van der Waals surface area contributed by atoms with E-state index in [9.17, 15) is 0 Å². The molecule has 0 fully saturated rings. The Hall–Kier alpha value is -6.48. The lowest BCUT2D eigenvalue weighted by Crippen LogP contribution is -2.25. The van der Waals surface area contributed by atoms with Crippen LogP contribution < -0.4 is 42.6 Å². The van der Waals surface area contributed by atoms with Crippen molar-refractivity contribution in [3.63, 3.8) is 0 Å². The van der Waals surface area contributed by atoms with Gasteiger partial charge in [0.15, 0.2) is 0 Å². The molecule has 326 valence electrons. The SMILES string of the molecule is CCOc1cc(COc2ccc(C(C)(c3ccc(OCc4cc(OCC)cc(OCC)c4)cc3)c3ccc(OCc4cc(OCC)cc(OCC)c4)cc3)cc2)cc(OCC)c1. The van der Waals surface area contributed by atoms with E-state index in [1.54, 1.807) is 0 Å². The average molecular weight is 841 g/mol. The van der Waals surface area contributed by atoms with Gasteiger partial charge in [-0.3, -0.25) is 0 Å². The molecule has 0 atom stereocenters. The lowest BCUT2D eigenvalue weighted by atomic mass is 9.71. The van der Waals surface area contributed by atoms with Gasteiger partial charge in [0.05, 0.1) is 39.6 Å². The number of ether oxygens (including phenoxy) is 9. The van der Waals surface area contributed by atoms with Gasteiger partial charge in [-0.2, -0.15) is 0 Å². The zero-order valence-electron chi connectivity index (χ0n) is 37.2. The van der Waals surface area contributed by atoms with E-state index in [2.05, 4.69) is 43.3 Å². The second-order valence-corrected chi connectivity index (χ2v) is 14.6. The molecular weight excluding hydrogens is 781 g/mol. The molecular formula is C53H60O9. The van der Waals surface area contributed by atoms with Crippen LogP contribution in [0, 0.1) is 0 Å². The second kappa shape index (κ2) is 22.4. The molecule has 0 spiro atoms. The van der Waals surface area contributed by atoms with E-state index in [1.165, 1.54) is 0 Å². The predicted molar refractivity (Wildman–Crippen MR) is 244 cm³/mol. The topological polar surface area (TPSA) is 83.1 Å². The lowest BCUT2D eigenvalue weighted by molar-refractivity contribution is 0.297. The molecule has 6 aromatic carbocycles. The summed E-state index contributed by atoms with van der Waals surface area (Å²) in [5.41, 5.74) is 5.62. The minimum atomic E-state index is -0.551. The summed E-state index contributed by atoms with van der Waals surface area (Å²) in [6.07, 6.45) is 0. The van der Waals surface area contributed by atoms with Crippen molar-refractivity contribution >= 4 is 0 Å². The van der Waals surface area contributed by atoms with Gasteiger partial charge in [0.2, 0.25) is 0 Å². The first-order valence-corrected chi connectivity index (χ1v) is 21.6. The fourth-order valence-electron chi connectivity index (χ4n) is 7.30. The summed E-state index contributed by atoms with van der Waals surface area (Å²) >= 11 is 0. The van der Waals surface area contributed by atoms with E-state index >= 15 is 0 Å². The largest absolute Gasteiger partial charge is 0.494 e. The first kappa shape index (κ1) is 45.1. The zero-order valence-corrected chi connectivity index (χ0v) is 37.2. The van der Waals surface area contributed by atoms with E-state index < -0.39 is 5.41 Å². The Morgan fingerprint density at radius 3 is 0.677 bits per heavy atom. The summed E-state index contributed by atoms with van der Waals surface area (Å²) in [7, 11) is 0. The summed E-state index contributed by atoms with van der Waals surface area (Å²) in [6.45, 7) is 18.6. The number of hydrogen-bond donors (Lipinski definition) is 0. The average Bonchev–Trinajstić information content (AvgIpc) is 3.28. The highest BCUT2D eigenvalue weighted by molar-refractivity contribution is 5.52. The first-order valence-electron chi connectivity index (χ1n) is 21.6. The highest BCUT2D eigenvalue weighted by Crippen LogP contribution is 2.41. The van der Waals surface area contributed by atoms with Crippen molar-refractivity contribution in [1.29, 1.82) is 0 Å². The fraction of sp³-hybridized carbons (Fsp3) is 0.321. The third-order valence-corrected chi connectivity index (χ3v) is 10.2. The fourth-order valence-corrected chi connectivity index (χ4v) is 7.30. The third kappa shape index (κ3) is 12.1. The van der Waals surface area contributed by atoms with Gasteiger partial charge in [-0.25, -0.2) is 0 Å². The highest BCUT2D eigenvalue weighted by atomic mass is 16.5. The maximum Gasteiger partial charge on any atom is 0.123 e. The molecule has 0 aromatic heterocycles. The smallest absolute Gasteiger partial charge is 0.123 e. The van der Waals surface area contributed by atoms with Gasteiger partial charge >= 0.3 is 0 Å². The molecule has 0 aliphatic carbocycles. The first-order chi connectivity index (χ1) is 30.3. The van der Waals surface area contributed by atoms with E-state index in [4.69, 9.17) is 42.6 Å².